The second-order valence-electron chi connectivity index (χ2n) is 5.44. The van der Waals surface area contributed by atoms with Crippen molar-refractivity contribution in [2.75, 3.05) is 0 Å². The number of aryl methyl sites for hydroxylation is 1. The van der Waals surface area contributed by atoms with Crippen LogP contribution in [0.15, 0.2) is 36.4 Å². The van der Waals surface area contributed by atoms with E-state index in [4.69, 9.17) is 11.6 Å². The minimum atomic E-state index is -0.257. The molecule has 1 aliphatic carbocycles. The summed E-state index contributed by atoms with van der Waals surface area (Å²) in [5.74, 6) is -0.257. The van der Waals surface area contributed by atoms with Crippen LogP contribution in [0.2, 0.25) is 5.02 Å². The van der Waals surface area contributed by atoms with Gasteiger partial charge in [0.05, 0.1) is 0 Å². The summed E-state index contributed by atoms with van der Waals surface area (Å²) in [7, 11) is 0. The van der Waals surface area contributed by atoms with Gasteiger partial charge in [0.2, 0.25) is 0 Å². The first-order chi connectivity index (χ1) is 9.63. The molecule has 2 aromatic rings. The predicted molar refractivity (Wildman–Crippen MR) is 81.4 cm³/mol. The first-order valence-electron chi connectivity index (χ1n) is 6.92. The summed E-state index contributed by atoms with van der Waals surface area (Å²) >= 11 is 6.24. The molecule has 1 fully saturated rings. The Labute approximate surface area is 123 Å². The summed E-state index contributed by atoms with van der Waals surface area (Å²) in [4.78, 5) is 0. The molecule has 0 amide bonds. The van der Waals surface area contributed by atoms with Crippen molar-refractivity contribution in [3.05, 3.63) is 58.4 Å². The van der Waals surface area contributed by atoms with E-state index in [9.17, 15) is 4.39 Å². The monoisotopic (exact) mass is 289 g/mol. The van der Waals surface area contributed by atoms with Gasteiger partial charge in [-0.15, -0.1) is 0 Å². The van der Waals surface area contributed by atoms with Gasteiger partial charge in [-0.2, -0.15) is 0 Å². The van der Waals surface area contributed by atoms with E-state index in [1.807, 2.05) is 6.92 Å². The molecule has 0 atom stereocenters. The number of rotatable bonds is 4. The van der Waals surface area contributed by atoms with Gasteiger partial charge < -0.3 is 5.32 Å². The van der Waals surface area contributed by atoms with Crippen LogP contribution in [0.4, 0.5) is 4.39 Å². The van der Waals surface area contributed by atoms with Gasteiger partial charge >= 0.3 is 0 Å². The average Bonchev–Trinajstić information content (AvgIpc) is 3.24. The van der Waals surface area contributed by atoms with Gasteiger partial charge in [-0.05, 0) is 49.1 Å². The van der Waals surface area contributed by atoms with E-state index in [1.165, 1.54) is 25.0 Å². The molecule has 1 saturated carbocycles. The quantitative estimate of drug-likeness (QED) is 0.860. The molecule has 1 aliphatic rings. The smallest absolute Gasteiger partial charge is 0.123 e. The lowest BCUT2D eigenvalue weighted by Gasteiger charge is -2.13. The molecule has 20 heavy (non-hydrogen) atoms. The maximum atomic E-state index is 13.5. The maximum Gasteiger partial charge on any atom is 0.123 e. The van der Waals surface area contributed by atoms with E-state index < -0.39 is 0 Å². The highest BCUT2D eigenvalue weighted by Crippen LogP contribution is 2.32. The van der Waals surface area contributed by atoms with Crippen molar-refractivity contribution in [1.29, 1.82) is 0 Å². The molecule has 0 aliphatic heterocycles. The maximum absolute atomic E-state index is 13.5. The van der Waals surface area contributed by atoms with Crippen molar-refractivity contribution >= 4 is 11.6 Å². The van der Waals surface area contributed by atoms with Gasteiger partial charge in [-0.1, -0.05) is 35.4 Å². The van der Waals surface area contributed by atoms with Crippen molar-refractivity contribution in [3.63, 3.8) is 0 Å². The van der Waals surface area contributed by atoms with Gasteiger partial charge in [0.25, 0.3) is 0 Å². The highest BCUT2D eigenvalue weighted by Gasteiger charge is 2.20. The summed E-state index contributed by atoms with van der Waals surface area (Å²) in [6.07, 6.45) is 2.50. The summed E-state index contributed by atoms with van der Waals surface area (Å²) < 4.78 is 13.5. The summed E-state index contributed by atoms with van der Waals surface area (Å²) in [5.41, 5.74) is 4.09. The van der Waals surface area contributed by atoms with Crippen LogP contribution in [0.5, 0.6) is 0 Å². The van der Waals surface area contributed by atoms with Gasteiger partial charge in [-0.3, -0.25) is 0 Å². The van der Waals surface area contributed by atoms with Crippen molar-refractivity contribution < 1.29 is 4.39 Å². The van der Waals surface area contributed by atoms with Crippen molar-refractivity contribution in [2.24, 2.45) is 0 Å². The first kappa shape index (κ1) is 13.6. The molecule has 3 heteroatoms. The summed E-state index contributed by atoms with van der Waals surface area (Å²) in [6.45, 7) is 2.84. The Kier molecular flexibility index (Phi) is 3.77. The molecular weight excluding hydrogens is 273 g/mol. The van der Waals surface area contributed by atoms with Crippen LogP contribution < -0.4 is 5.32 Å². The Hall–Kier alpha value is -1.38. The fraction of sp³-hybridized carbons (Fsp3) is 0.294. The van der Waals surface area contributed by atoms with Gasteiger partial charge in [0.1, 0.15) is 5.82 Å². The minimum absolute atomic E-state index is 0.257. The Morgan fingerprint density at radius 3 is 2.70 bits per heavy atom. The molecule has 0 heterocycles. The molecule has 0 aromatic heterocycles. The Morgan fingerprint density at radius 1 is 1.15 bits per heavy atom. The number of nitrogens with one attached hydrogen (secondary N) is 1. The van der Waals surface area contributed by atoms with E-state index in [1.54, 1.807) is 6.07 Å². The first-order valence-corrected chi connectivity index (χ1v) is 7.29. The van der Waals surface area contributed by atoms with E-state index >= 15 is 0 Å². The van der Waals surface area contributed by atoms with Crippen LogP contribution in [-0.4, -0.2) is 6.04 Å². The standard InChI is InChI=1S/C17H17ClFN/c1-11-2-3-12(10-20-14-5-6-14)15(8-11)16-9-13(19)4-7-17(16)18/h2-4,7-9,14,20H,5-6,10H2,1H3. The van der Waals surface area contributed by atoms with E-state index in [0.717, 1.165) is 28.8 Å². The van der Waals surface area contributed by atoms with Crippen molar-refractivity contribution in [1.82, 2.24) is 5.32 Å². The Morgan fingerprint density at radius 2 is 1.95 bits per heavy atom. The van der Waals surface area contributed by atoms with Crippen LogP contribution in [0.25, 0.3) is 11.1 Å². The molecule has 0 spiro atoms. The van der Waals surface area contributed by atoms with E-state index in [0.29, 0.717) is 11.1 Å². The average molecular weight is 290 g/mol. The highest BCUT2D eigenvalue weighted by molar-refractivity contribution is 6.33. The number of benzene rings is 2. The lowest BCUT2D eigenvalue weighted by atomic mass is 9.97. The SMILES string of the molecule is Cc1ccc(CNC2CC2)c(-c2cc(F)ccc2Cl)c1. The fourth-order valence-corrected chi connectivity index (χ4v) is 2.56. The zero-order chi connectivity index (χ0) is 14.1. The third-order valence-electron chi connectivity index (χ3n) is 3.64. The van der Waals surface area contributed by atoms with Crippen LogP contribution in [0, 0.1) is 12.7 Å². The Balaban J connectivity index is 2.00. The molecule has 0 radical (unpaired) electrons. The largest absolute Gasteiger partial charge is 0.310 e. The zero-order valence-corrected chi connectivity index (χ0v) is 12.2. The normalized spacial score (nSPS) is 14.6. The molecule has 0 saturated heterocycles. The molecule has 0 unspecified atom stereocenters. The highest BCUT2D eigenvalue weighted by atomic mass is 35.5. The zero-order valence-electron chi connectivity index (χ0n) is 11.4. The number of hydrogen-bond donors (Lipinski definition) is 1. The van der Waals surface area contributed by atoms with Gasteiger partial charge in [0.15, 0.2) is 0 Å². The number of halogens is 2. The molecule has 104 valence electrons. The summed E-state index contributed by atoms with van der Waals surface area (Å²) in [5, 5.41) is 4.09. The molecule has 0 bridgehead atoms. The van der Waals surface area contributed by atoms with Crippen molar-refractivity contribution in [3.8, 4) is 11.1 Å². The van der Waals surface area contributed by atoms with Crippen LogP contribution in [0.3, 0.4) is 0 Å². The van der Waals surface area contributed by atoms with Crippen LogP contribution >= 0.6 is 11.6 Å². The lowest BCUT2D eigenvalue weighted by molar-refractivity contribution is 0.628. The molecule has 1 N–H and O–H groups in total. The van der Waals surface area contributed by atoms with Crippen LogP contribution in [-0.2, 0) is 6.54 Å². The fourth-order valence-electron chi connectivity index (χ4n) is 2.34. The second-order valence-corrected chi connectivity index (χ2v) is 5.85. The minimum Gasteiger partial charge on any atom is -0.310 e. The lowest BCUT2D eigenvalue weighted by Crippen LogP contribution is -2.16. The van der Waals surface area contributed by atoms with E-state index in [2.05, 4.69) is 23.5 Å². The third-order valence-corrected chi connectivity index (χ3v) is 3.97. The van der Waals surface area contributed by atoms with Gasteiger partial charge in [-0.25, -0.2) is 4.39 Å². The molecule has 3 rings (SSSR count). The second kappa shape index (κ2) is 5.55. The third kappa shape index (κ3) is 3.02. The number of hydrogen-bond acceptors (Lipinski definition) is 1. The summed E-state index contributed by atoms with van der Waals surface area (Å²) in [6, 6.07) is 11.4. The van der Waals surface area contributed by atoms with Crippen LogP contribution in [0.1, 0.15) is 24.0 Å². The van der Waals surface area contributed by atoms with E-state index in [-0.39, 0.29) is 5.82 Å². The predicted octanol–water partition coefficient (Wildman–Crippen LogP) is 4.71. The molecular formula is C17H17ClFN. The van der Waals surface area contributed by atoms with Crippen molar-refractivity contribution in [2.45, 2.75) is 32.4 Å². The molecule has 1 nitrogen and oxygen atoms in total. The Bertz CT molecular complexity index is 635. The molecule has 2 aromatic carbocycles. The van der Waals surface area contributed by atoms with Gasteiger partial charge in [0, 0.05) is 23.2 Å². The topological polar surface area (TPSA) is 12.0 Å².